The second kappa shape index (κ2) is 9.18. The zero-order valence-corrected chi connectivity index (χ0v) is 15.6. The summed E-state index contributed by atoms with van der Waals surface area (Å²) in [6.07, 6.45) is 2.26. The maximum atomic E-state index is 12.3. The minimum atomic E-state index is -0.530. The van der Waals surface area contributed by atoms with Gasteiger partial charge in [0.2, 0.25) is 5.91 Å². The van der Waals surface area contributed by atoms with E-state index in [1.807, 2.05) is 24.3 Å². The number of benzene rings is 2. The highest BCUT2D eigenvalue weighted by Gasteiger charge is 2.16. The van der Waals surface area contributed by atoms with Gasteiger partial charge in [0.25, 0.3) is 5.69 Å². The van der Waals surface area contributed by atoms with E-state index in [0.29, 0.717) is 12.3 Å². The van der Waals surface area contributed by atoms with E-state index in [-0.39, 0.29) is 17.7 Å². The van der Waals surface area contributed by atoms with Crippen molar-refractivity contribution in [2.45, 2.75) is 31.9 Å². The predicted octanol–water partition coefficient (Wildman–Crippen LogP) is 3.59. The number of anilines is 2. The quantitative estimate of drug-likeness (QED) is 0.532. The van der Waals surface area contributed by atoms with Gasteiger partial charge >= 0.3 is 0 Å². The van der Waals surface area contributed by atoms with Gasteiger partial charge in [0, 0.05) is 30.1 Å². The SMILES string of the molecule is CC(Nc1ccc(OCC2CCCO2)cc1)C(=O)Nc1cccc([N+](=O)[O-])c1. The molecule has 0 bridgehead atoms. The Balaban J connectivity index is 1.50. The van der Waals surface area contributed by atoms with E-state index < -0.39 is 11.0 Å². The van der Waals surface area contributed by atoms with Gasteiger partial charge in [-0.25, -0.2) is 0 Å². The lowest BCUT2D eigenvalue weighted by Gasteiger charge is -2.16. The lowest BCUT2D eigenvalue weighted by Crippen LogP contribution is -2.31. The van der Waals surface area contributed by atoms with Gasteiger partial charge in [0.05, 0.1) is 11.0 Å². The average Bonchev–Trinajstić information content (AvgIpc) is 3.21. The van der Waals surface area contributed by atoms with E-state index in [1.165, 1.54) is 18.2 Å². The third-order valence-corrected chi connectivity index (χ3v) is 4.42. The second-order valence-corrected chi connectivity index (χ2v) is 6.63. The van der Waals surface area contributed by atoms with E-state index in [4.69, 9.17) is 9.47 Å². The second-order valence-electron chi connectivity index (χ2n) is 6.63. The molecule has 1 fully saturated rings. The van der Waals surface area contributed by atoms with Crippen molar-refractivity contribution >= 4 is 23.0 Å². The molecule has 8 nitrogen and oxygen atoms in total. The van der Waals surface area contributed by atoms with Crippen LogP contribution < -0.4 is 15.4 Å². The Bertz CT molecular complexity index is 819. The summed E-state index contributed by atoms with van der Waals surface area (Å²) in [5.41, 5.74) is 1.08. The molecule has 8 heteroatoms. The Morgan fingerprint density at radius 3 is 2.75 bits per heavy atom. The van der Waals surface area contributed by atoms with Crippen LogP contribution in [-0.4, -0.2) is 36.2 Å². The molecule has 1 saturated heterocycles. The minimum Gasteiger partial charge on any atom is -0.491 e. The van der Waals surface area contributed by atoms with Gasteiger partial charge in [-0.05, 0) is 50.1 Å². The molecule has 2 N–H and O–H groups in total. The fraction of sp³-hybridized carbons (Fsp3) is 0.350. The summed E-state index contributed by atoms with van der Waals surface area (Å²) >= 11 is 0. The summed E-state index contributed by atoms with van der Waals surface area (Å²) in [6.45, 7) is 3.05. The van der Waals surface area contributed by atoms with Gasteiger partial charge in [0.1, 0.15) is 18.4 Å². The maximum absolute atomic E-state index is 12.3. The van der Waals surface area contributed by atoms with Gasteiger partial charge in [-0.2, -0.15) is 0 Å². The molecule has 2 aromatic carbocycles. The average molecular weight is 385 g/mol. The largest absolute Gasteiger partial charge is 0.491 e. The molecule has 28 heavy (non-hydrogen) atoms. The summed E-state index contributed by atoms with van der Waals surface area (Å²) < 4.78 is 11.2. The zero-order valence-electron chi connectivity index (χ0n) is 15.6. The van der Waals surface area contributed by atoms with Crippen molar-refractivity contribution in [1.82, 2.24) is 0 Å². The number of nitrogens with zero attached hydrogens (tertiary/aromatic N) is 1. The van der Waals surface area contributed by atoms with Gasteiger partial charge < -0.3 is 20.1 Å². The van der Waals surface area contributed by atoms with Crippen molar-refractivity contribution in [2.24, 2.45) is 0 Å². The molecule has 1 amide bonds. The molecule has 1 aliphatic heterocycles. The van der Waals surface area contributed by atoms with E-state index in [2.05, 4.69) is 10.6 Å². The number of rotatable bonds is 8. The Morgan fingerprint density at radius 2 is 2.07 bits per heavy atom. The van der Waals surface area contributed by atoms with Crippen LogP contribution in [0.15, 0.2) is 48.5 Å². The smallest absolute Gasteiger partial charge is 0.271 e. The van der Waals surface area contributed by atoms with Crippen molar-refractivity contribution in [1.29, 1.82) is 0 Å². The highest BCUT2D eigenvalue weighted by Crippen LogP contribution is 2.20. The first kappa shape index (κ1) is 19.6. The number of amides is 1. The van der Waals surface area contributed by atoms with Gasteiger partial charge in [-0.15, -0.1) is 0 Å². The fourth-order valence-corrected chi connectivity index (χ4v) is 2.88. The van der Waals surface area contributed by atoms with Gasteiger partial charge in [0.15, 0.2) is 0 Å². The predicted molar refractivity (Wildman–Crippen MR) is 106 cm³/mol. The number of non-ortho nitro benzene ring substituents is 1. The molecular formula is C20H23N3O5. The highest BCUT2D eigenvalue weighted by atomic mass is 16.6. The monoisotopic (exact) mass is 385 g/mol. The van der Waals surface area contributed by atoms with Crippen LogP contribution >= 0.6 is 0 Å². The third kappa shape index (κ3) is 5.43. The standard InChI is InChI=1S/C20H23N3O5/c1-14(20(24)22-16-4-2-5-17(12-16)23(25)26)21-15-7-9-18(10-8-15)28-13-19-6-3-11-27-19/h2,4-5,7-10,12,14,19,21H,3,6,11,13H2,1H3,(H,22,24). The number of nitrogens with one attached hydrogen (secondary N) is 2. The summed E-state index contributed by atoms with van der Waals surface area (Å²) in [7, 11) is 0. The van der Waals surface area contributed by atoms with Crippen LogP contribution in [0.5, 0.6) is 5.75 Å². The van der Waals surface area contributed by atoms with Crippen molar-refractivity contribution in [3.8, 4) is 5.75 Å². The zero-order chi connectivity index (χ0) is 19.9. The van der Waals surface area contributed by atoms with Crippen molar-refractivity contribution in [2.75, 3.05) is 23.8 Å². The maximum Gasteiger partial charge on any atom is 0.271 e. The molecule has 0 spiro atoms. The Hall–Kier alpha value is -3.13. The van der Waals surface area contributed by atoms with Crippen molar-refractivity contribution in [3.05, 3.63) is 58.6 Å². The number of ether oxygens (including phenoxy) is 2. The normalized spacial score (nSPS) is 17.0. The number of carbonyl (C=O) groups is 1. The molecule has 2 atom stereocenters. The highest BCUT2D eigenvalue weighted by molar-refractivity contribution is 5.96. The molecule has 0 aromatic heterocycles. The van der Waals surface area contributed by atoms with Gasteiger partial charge in [-0.3, -0.25) is 14.9 Å². The molecule has 2 aromatic rings. The Kier molecular flexibility index (Phi) is 6.44. The van der Waals surface area contributed by atoms with Crippen LogP contribution in [-0.2, 0) is 9.53 Å². The lowest BCUT2D eigenvalue weighted by molar-refractivity contribution is -0.384. The first-order valence-corrected chi connectivity index (χ1v) is 9.17. The van der Waals surface area contributed by atoms with E-state index in [0.717, 1.165) is 30.9 Å². The first-order valence-electron chi connectivity index (χ1n) is 9.17. The van der Waals surface area contributed by atoms with Crippen molar-refractivity contribution < 1.29 is 19.2 Å². The number of nitro groups is 1. The molecule has 2 unspecified atom stereocenters. The number of hydrogen-bond acceptors (Lipinski definition) is 6. The van der Waals surface area contributed by atoms with Gasteiger partial charge in [-0.1, -0.05) is 6.07 Å². The molecule has 0 aliphatic carbocycles. The van der Waals surface area contributed by atoms with Crippen LogP contribution in [0.2, 0.25) is 0 Å². The molecule has 3 rings (SSSR count). The van der Waals surface area contributed by atoms with Crippen molar-refractivity contribution in [3.63, 3.8) is 0 Å². The summed E-state index contributed by atoms with van der Waals surface area (Å²) in [5.74, 6) is 0.453. The topological polar surface area (TPSA) is 103 Å². The molecule has 1 heterocycles. The molecular weight excluding hydrogens is 362 g/mol. The van der Waals surface area contributed by atoms with Crippen LogP contribution in [0.1, 0.15) is 19.8 Å². The van der Waals surface area contributed by atoms with E-state index >= 15 is 0 Å². The van der Waals surface area contributed by atoms with E-state index in [1.54, 1.807) is 13.0 Å². The molecule has 0 saturated carbocycles. The molecule has 148 valence electrons. The summed E-state index contributed by atoms with van der Waals surface area (Å²) in [5, 5.41) is 16.6. The lowest BCUT2D eigenvalue weighted by atomic mass is 10.2. The summed E-state index contributed by atoms with van der Waals surface area (Å²) in [6, 6.07) is 12.6. The number of nitro benzene ring substituents is 1. The minimum absolute atomic E-state index is 0.0722. The third-order valence-electron chi connectivity index (χ3n) is 4.42. The Labute approximate surface area is 163 Å². The Morgan fingerprint density at radius 1 is 1.29 bits per heavy atom. The van der Waals surface area contributed by atoms with E-state index in [9.17, 15) is 14.9 Å². The fourth-order valence-electron chi connectivity index (χ4n) is 2.88. The summed E-state index contributed by atoms with van der Waals surface area (Å²) in [4.78, 5) is 22.7. The number of hydrogen-bond donors (Lipinski definition) is 2. The van der Waals surface area contributed by atoms with Crippen LogP contribution in [0, 0.1) is 10.1 Å². The number of carbonyl (C=O) groups excluding carboxylic acids is 1. The first-order chi connectivity index (χ1) is 13.5. The van der Waals surface area contributed by atoms with Crippen LogP contribution in [0.4, 0.5) is 17.1 Å². The molecule has 1 aliphatic rings. The van der Waals surface area contributed by atoms with Crippen LogP contribution in [0.25, 0.3) is 0 Å². The van der Waals surface area contributed by atoms with Crippen LogP contribution in [0.3, 0.4) is 0 Å². The molecule has 0 radical (unpaired) electrons.